The largest absolute Gasteiger partial charge is 0.677 e. The van der Waals surface area contributed by atoms with Gasteiger partial charge < -0.3 is 18.3 Å². The number of hydrogen-bond acceptors (Lipinski definition) is 1. The third-order valence-electron chi connectivity index (χ3n) is 0.567. The Morgan fingerprint density at radius 1 is 1.56 bits per heavy atom. The van der Waals surface area contributed by atoms with Crippen molar-refractivity contribution >= 4 is 5.97 Å². The molecule has 0 saturated heterocycles. The number of aliphatic carboxylic acids is 1. The number of hydrogen-bond donors (Lipinski definition) is 1. The van der Waals surface area contributed by atoms with Crippen molar-refractivity contribution in [1.29, 1.82) is 0 Å². The Kier molecular flexibility index (Phi) is 20.5. The molecule has 0 unspecified atom stereocenters. The van der Waals surface area contributed by atoms with Gasteiger partial charge in [-0.1, -0.05) is 6.42 Å². The Hall–Kier alpha value is 0.534. The normalized spacial score (nSPS) is 6.78. The van der Waals surface area contributed by atoms with Crippen molar-refractivity contribution in [3.05, 3.63) is 13.2 Å². The van der Waals surface area contributed by atoms with Crippen molar-refractivity contribution in [2.75, 3.05) is 6.54 Å². The van der Waals surface area contributed by atoms with E-state index < -0.39 is 5.97 Å². The second-order valence-electron chi connectivity index (χ2n) is 1.25. The summed E-state index contributed by atoms with van der Waals surface area (Å²) < 4.78 is 0. The summed E-state index contributed by atoms with van der Waals surface area (Å²) in [7, 11) is 0. The van der Waals surface area contributed by atoms with E-state index in [9.17, 15) is 4.79 Å². The summed E-state index contributed by atoms with van der Waals surface area (Å²) in [6.07, 6.45) is 0.596. The van der Waals surface area contributed by atoms with Gasteiger partial charge in [0.15, 0.2) is 0 Å². The molecule has 0 atom stereocenters. The van der Waals surface area contributed by atoms with Gasteiger partial charge in [-0.25, -0.2) is 0 Å². The number of rotatable bonds is 3. The van der Waals surface area contributed by atoms with Crippen molar-refractivity contribution in [2.24, 2.45) is 0 Å². The van der Waals surface area contributed by atoms with Crippen LogP contribution in [0.5, 0.6) is 0 Å². The average molecular weight is 206 g/mol. The van der Waals surface area contributed by atoms with Crippen LogP contribution in [0.3, 0.4) is 0 Å². The van der Waals surface area contributed by atoms with Crippen LogP contribution in [-0.2, 0) is 37.5 Å². The Morgan fingerprint density at radius 3 is 2.11 bits per heavy atom. The Morgan fingerprint density at radius 2 is 2.00 bits per heavy atom. The van der Waals surface area contributed by atoms with Crippen molar-refractivity contribution < 1.29 is 42.6 Å². The number of nitrogens with one attached hydrogen (secondary N) is 1. The van der Waals surface area contributed by atoms with E-state index in [1.165, 1.54) is 0 Å². The summed E-state index contributed by atoms with van der Waals surface area (Å²) in [6, 6.07) is 0. The quantitative estimate of drug-likeness (QED) is 0.708. The van der Waals surface area contributed by atoms with Gasteiger partial charge in [-0.15, -0.1) is 0 Å². The predicted octanol–water partition coefficient (Wildman–Crippen LogP) is 1.35. The van der Waals surface area contributed by atoms with E-state index in [0.29, 0.717) is 6.42 Å². The molecular formula is C5H11NO2Y-2. The van der Waals surface area contributed by atoms with Crippen LogP contribution in [0.2, 0.25) is 0 Å². The Labute approximate surface area is 80.9 Å². The minimum absolute atomic E-state index is 0. The van der Waals surface area contributed by atoms with Crippen LogP contribution in [0.4, 0.5) is 0 Å². The average Bonchev–Trinajstić information content (AvgIpc) is 1.61. The summed E-state index contributed by atoms with van der Waals surface area (Å²) in [5, 5.41) is 7.96. The van der Waals surface area contributed by atoms with Gasteiger partial charge in [0.25, 0.3) is 0 Å². The van der Waals surface area contributed by atoms with E-state index in [2.05, 4.69) is 0 Å². The first-order chi connectivity index (χ1) is 3.27. The zero-order chi connectivity index (χ0) is 5.70. The minimum Gasteiger partial charge on any atom is -0.677 e. The molecule has 0 fully saturated rings. The molecule has 0 aliphatic rings. The summed E-state index contributed by atoms with van der Waals surface area (Å²) in [4.78, 5) is 9.67. The third-order valence-corrected chi connectivity index (χ3v) is 0.567. The molecule has 0 heterocycles. The summed E-state index contributed by atoms with van der Waals surface area (Å²) in [6.45, 7) is 0.215. The van der Waals surface area contributed by atoms with Crippen LogP contribution in [0, 0.1) is 7.43 Å². The van der Waals surface area contributed by atoms with Crippen LogP contribution in [0.25, 0.3) is 5.73 Å². The Bertz CT molecular complexity index is 68.0. The Balaban J connectivity index is -0.000000180. The summed E-state index contributed by atoms with van der Waals surface area (Å²) >= 11 is 0. The second kappa shape index (κ2) is 11.3. The molecule has 0 aromatic carbocycles. The molecule has 3 nitrogen and oxygen atoms in total. The fourth-order valence-electron chi connectivity index (χ4n) is 0.240. The van der Waals surface area contributed by atoms with E-state index in [4.69, 9.17) is 10.8 Å². The molecule has 0 bridgehead atoms. The molecule has 0 amide bonds. The van der Waals surface area contributed by atoms with E-state index in [1.54, 1.807) is 0 Å². The van der Waals surface area contributed by atoms with Crippen molar-refractivity contribution in [3.8, 4) is 0 Å². The first-order valence-corrected chi connectivity index (χ1v) is 2.13. The van der Waals surface area contributed by atoms with Crippen molar-refractivity contribution in [1.82, 2.24) is 0 Å². The predicted molar refractivity (Wildman–Crippen MR) is 32.5 cm³/mol. The molecule has 1 radical (unpaired) electrons. The van der Waals surface area contributed by atoms with Gasteiger partial charge in [0.2, 0.25) is 0 Å². The SMILES string of the molecule is [CH3-].[NH-]CCCC(=O)O.[Y]. The molecule has 4 heteroatoms. The van der Waals surface area contributed by atoms with Crippen molar-refractivity contribution in [2.45, 2.75) is 12.8 Å². The minimum atomic E-state index is -0.813. The van der Waals surface area contributed by atoms with Gasteiger partial charge in [-0.05, 0) is 0 Å². The first kappa shape index (κ1) is 16.3. The van der Waals surface area contributed by atoms with Gasteiger partial charge in [0.1, 0.15) is 0 Å². The molecule has 0 saturated carbocycles. The van der Waals surface area contributed by atoms with Gasteiger partial charge >= 0.3 is 5.97 Å². The van der Waals surface area contributed by atoms with Crippen LogP contribution in [0.1, 0.15) is 12.8 Å². The second-order valence-corrected chi connectivity index (χ2v) is 1.25. The van der Waals surface area contributed by atoms with Gasteiger partial charge in [0.05, 0.1) is 0 Å². The molecule has 0 aliphatic carbocycles. The molecule has 0 aromatic rings. The summed E-state index contributed by atoms with van der Waals surface area (Å²) in [5.74, 6) is -0.813. The maximum absolute atomic E-state index is 9.67. The molecular weight excluding hydrogens is 195 g/mol. The van der Waals surface area contributed by atoms with Gasteiger partial charge in [-0.3, -0.25) is 4.79 Å². The van der Waals surface area contributed by atoms with Crippen LogP contribution in [0.15, 0.2) is 0 Å². The molecule has 9 heavy (non-hydrogen) atoms. The molecule has 0 rings (SSSR count). The van der Waals surface area contributed by atoms with E-state index in [0.717, 1.165) is 0 Å². The van der Waals surface area contributed by atoms with E-state index >= 15 is 0 Å². The third kappa shape index (κ3) is 17.7. The number of carbonyl (C=O) groups is 1. The standard InChI is InChI=1S/C4H8NO2.CH3.Y/c5-3-1-2-4(6)7;;/h5H,1-3H2,(H,6,7);1H3;/q2*-1;. The smallest absolute Gasteiger partial charge is 0.303 e. The number of carboxylic acid groups (broad SMARTS) is 1. The summed E-state index contributed by atoms with van der Waals surface area (Å²) in [5.41, 5.74) is 6.53. The molecule has 0 aromatic heterocycles. The van der Waals surface area contributed by atoms with Gasteiger partial charge in [-0.2, -0.15) is 6.54 Å². The molecule has 0 spiro atoms. The fraction of sp³-hybridized carbons (Fsp3) is 0.600. The molecule has 53 valence electrons. The van der Waals surface area contributed by atoms with Crippen LogP contribution >= 0.6 is 0 Å². The van der Waals surface area contributed by atoms with Crippen LogP contribution in [-0.4, -0.2) is 17.6 Å². The van der Waals surface area contributed by atoms with Crippen LogP contribution < -0.4 is 0 Å². The first-order valence-electron chi connectivity index (χ1n) is 2.13. The molecule has 0 aliphatic heterocycles. The molecule has 2 N–H and O–H groups in total. The van der Waals surface area contributed by atoms with Gasteiger partial charge in [0, 0.05) is 39.1 Å². The maximum atomic E-state index is 9.67. The van der Waals surface area contributed by atoms with E-state index in [1.807, 2.05) is 0 Å². The monoisotopic (exact) mass is 206 g/mol. The zero-order valence-corrected chi connectivity index (χ0v) is 8.39. The van der Waals surface area contributed by atoms with E-state index in [-0.39, 0.29) is 53.1 Å². The topological polar surface area (TPSA) is 61.1 Å². The fourth-order valence-corrected chi connectivity index (χ4v) is 0.240. The number of carboxylic acids is 1. The van der Waals surface area contributed by atoms with Crippen molar-refractivity contribution in [3.63, 3.8) is 0 Å². The zero-order valence-electron chi connectivity index (χ0n) is 5.55. The maximum Gasteiger partial charge on any atom is 0.303 e.